The Morgan fingerprint density at radius 2 is 2.00 bits per heavy atom. The van der Waals surface area contributed by atoms with Crippen LogP contribution in [0.15, 0.2) is 12.2 Å². The molecule has 2 fully saturated rings. The number of amides is 1. The van der Waals surface area contributed by atoms with Crippen LogP contribution in [-0.2, 0) is 9.53 Å². The lowest BCUT2D eigenvalue weighted by Gasteiger charge is -2.18. The van der Waals surface area contributed by atoms with Gasteiger partial charge in [-0.2, -0.15) is 0 Å². The lowest BCUT2D eigenvalue weighted by molar-refractivity contribution is -0.116. The van der Waals surface area contributed by atoms with E-state index in [9.17, 15) is 4.79 Å². The fraction of sp³-hybridized carbons (Fsp3) is 0.750. The van der Waals surface area contributed by atoms with Gasteiger partial charge in [0.05, 0.1) is 0 Å². The van der Waals surface area contributed by atoms with E-state index in [1.807, 2.05) is 6.08 Å². The van der Waals surface area contributed by atoms with E-state index >= 15 is 0 Å². The molecule has 0 atom stereocenters. The highest BCUT2D eigenvalue weighted by molar-refractivity contribution is 5.87. The smallest absolute Gasteiger partial charge is 0.243 e. The summed E-state index contributed by atoms with van der Waals surface area (Å²) in [6.45, 7) is 2.52. The molecule has 0 aromatic carbocycles. The first kappa shape index (κ1) is 10.7. The van der Waals surface area contributed by atoms with E-state index in [4.69, 9.17) is 4.74 Å². The van der Waals surface area contributed by atoms with Crippen molar-refractivity contribution >= 4 is 5.91 Å². The fourth-order valence-corrected chi connectivity index (χ4v) is 1.76. The molecule has 1 heterocycles. The summed E-state index contributed by atoms with van der Waals surface area (Å²) in [5, 5.41) is 2.93. The Labute approximate surface area is 90.9 Å². The molecule has 0 radical (unpaired) electrons. The average molecular weight is 209 g/mol. The topological polar surface area (TPSA) is 38.3 Å². The summed E-state index contributed by atoms with van der Waals surface area (Å²) < 4.78 is 5.26. The molecule has 15 heavy (non-hydrogen) atoms. The van der Waals surface area contributed by atoms with Crippen molar-refractivity contribution in [1.82, 2.24) is 5.32 Å². The van der Waals surface area contributed by atoms with Crippen LogP contribution in [0.4, 0.5) is 0 Å². The summed E-state index contributed by atoms with van der Waals surface area (Å²) in [4.78, 5) is 11.4. The molecule has 3 heteroatoms. The van der Waals surface area contributed by atoms with Gasteiger partial charge in [-0.05, 0) is 43.6 Å². The first-order valence-corrected chi connectivity index (χ1v) is 5.88. The molecule has 0 aromatic rings. The van der Waals surface area contributed by atoms with Crippen molar-refractivity contribution in [2.45, 2.75) is 25.7 Å². The van der Waals surface area contributed by atoms with Gasteiger partial charge < -0.3 is 10.1 Å². The van der Waals surface area contributed by atoms with Crippen molar-refractivity contribution in [3.63, 3.8) is 0 Å². The highest BCUT2D eigenvalue weighted by Gasteiger charge is 2.21. The van der Waals surface area contributed by atoms with Crippen molar-refractivity contribution in [2.24, 2.45) is 11.8 Å². The first-order chi connectivity index (χ1) is 7.34. The number of hydrogen-bond acceptors (Lipinski definition) is 2. The van der Waals surface area contributed by atoms with Gasteiger partial charge >= 0.3 is 0 Å². The van der Waals surface area contributed by atoms with E-state index in [0.717, 1.165) is 38.5 Å². The van der Waals surface area contributed by atoms with E-state index in [2.05, 4.69) is 5.32 Å². The summed E-state index contributed by atoms with van der Waals surface area (Å²) in [6.07, 6.45) is 8.38. The second-order valence-electron chi connectivity index (χ2n) is 4.50. The summed E-state index contributed by atoms with van der Waals surface area (Å²) in [7, 11) is 0. The van der Waals surface area contributed by atoms with Gasteiger partial charge in [0.1, 0.15) is 0 Å². The number of ether oxygens (including phenoxy) is 1. The molecule has 0 spiro atoms. The second kappa shape index (κ2) is 5.31. The van der Waals surface area contributed by atoms with Crippen LogP contribution < -0.4 is 5.32 Å². The molecule has 1 saturated heterocycles. The maximum atomic E-state index is 11.4. The zero-order valence-electron chi connectivity index (χ0n) is 9.08. The Bertz CT molecular complexity index is 240. The van der Waals surface area contributed by atoms with Gasteiger partial charge in [-0.25, -0.2) is 0 Å². The van der Waals surface area contributed by atoms with Crippen LogP contribution in [0.5, 0.6) is 0 Å². The fourth-order valence-electron chi connectivity index (χ4n) is 1.76. The van der Waals surface area contributed by atoms with Crippen molar-refractivity contribution in [2.75, 3.05) is 19.8 Å². The van der Waals surface area contributed by atoms with Crippen LogP contribution in [0, 0.1) is 11.8 Å². The number of hydrogen-bond donors (Lipinski definition) is 1. The molecule has 0 bridgehead atoms. The van der Waals surface area contributed by atoms with E-state index in [1.54, 1.807) is 6.08 Å². The van der Waals surface area contributed by atoms with Crippen LogP contribution in [-0.4, -0.2) is 25.7 Å². The monoisotopic (exact) mass is 209 g/mol. The Morgan fingerprint density at radius 3 is 2.67 bits per heavy atom. The quantitative estimate of drug-likeness (QED) is 0.712. The van der Waals surface area contributed by atoms with Crippen LogP contribution in [0.25, 0.3) is 0 Å². The molecule has 1 amide bonds. The Hall–Kier alpha value is -0.830. The van der Waals surface area contributed by atoms with Gasteiger partial charge in [-0.15, -0.1) is 0 Å². The molecule has 1 saturated carbocycles. The van der Waals surface area contributed by atoms with Crippen LogP contribution in [0.2, 0.25) is 0 Å². The number of carbonyl (C=O) groups is 1. The van der Waals surface area contributed by atoms with Crippen LogP contribution in [0.3, 0.4) is 0 Å². The predicted octanol–water partition coefficient (Wildman–Crippen LogP) is 1.50. The Kier molecular flexibility index (Phi) is 3.78. The van der Waals surface area contributed by atoms with Crippen molar-refractivity contribution in [1.29, 1.82) is 0 Å². The molecule has 1 N–H and O–H groups in total. The van der Waals surface area contributed by atoms with Gasteiger partial charge in [0.15, 0.2) is 0 Å². The molecular weight excluding hydrogens is 190 g/mol. The van der Waals surface area contributed by atoms with Crippen LogP contribution in [0.1, 0.15) is 25.7 Å². The normalized spacial score (nSPS) is 23.2. The lowest BCUT2D eigenvalue weighted by Crippen LogP contribution is -2.23. The minimum absolute atomic E-state index is 0.0633. The first-order valence-electron chi connectivity index (χ1n) is 5.88. The van der Waals surface area contributed by atoms with E-state index in [0.29, 0.717) is 5.92 Å². The second-order valence-corrected chi connectivity index (χ2v) is 4.50. The molecular formula is C12H19NO2. The summed E-state index contributed by atoms with van der Waals surface area (Å²) in [5.74, 6) is 1.35. The third-order valence-electron chi connectivity index (χ3n) is 3.05. The summed E-state index contributed by atoms with van der Waals surface area (Å²) >= 11 is 0. The lowest BCUT2D eigenvalue weighted by atomic mass is 10.00. The summed E-state index contributed by atoms with van der Waals surface area (Å²) in [6, 6.07) is 0. The van der Waals surface area contributed by atoms with Crippen molar-refractivity contribution in [3.8, 4) is 0 Å². The van der Waals surface area contributed by atoms with Crippen LogP contribution >= 0.6 is 0 Å². The van der Waals surface area contributed by atoms with E-state index in [-0.39, 0.29) is 5.91 Å². The molecule has 2 aliphatic rings. The highest BCUT2D eigenvalue weighted by atomic mass is 16.5. The largest absolute Gasteiger partial charge is 0.381 e. The molecule has 3 nitrogen and oxygen atoms in total. The van der Waals surface area contributed by atoms with Gasteiger partial charge in [0.25, 0.3) is 0 Å². The van der Waals surface area contributed by atoms with E-state index in [1.165, 1.54) is 12.8 Å². The molecule has 84 valence electrons. The van der Waals surface area contributed by atoms with Crippen molar-refractivity contribution in [3.05, 3.63) is 12.2 Å². The minimum atomic E-state index is 0.0633. The van der Waals surface area contributed by atoms with E-state index < -0.39 is 0 Å². The average Bonchev–Trinajstić information content (AvgIpc) is 3.09. The third kappa shape index (κ3) is 4.04. The number of carbonyl (C=O) groups excluding carboxylic acids is 1. The minimum Gasteiger partial charge on any atom is -0.381 e. The third-order valence-corrected chi connectivity index (χ3v) is 3.05. The molecule has 2 rings (SSSR count). The molecule has 1 aliphatic carbocycles. The standard InChI is InChI=1S/C12H19NO2/c14-12(13-9-11-1-2-11)4-3-10-5-7-15-8-6-10/h3-4,10-11H,1-2,5-9H2,(H,13,14)/b4-3+. The van der Waals surface area contributed by atoms with Gasteiger partial charge in [-0.3, -0.25) is 4.79 Å². The van der Waals surface area contributed by atoms with Crippen molar-refractivity contribution < 1.29 is 9.53 Å². The predicted molar refractivity (Wildman–Crippen MR) is 58.4 cm³/mol. The Balaban J connectivity index is 1.64. The SMILES string of the molecule is O=C(/C=C/C1CCOCC1)NCC1CC1. The summed E-state index contributed by atoms with van der Waals surface area (Å²) in [5.41, 5.74) is 0. The van der Waals surface area contributed by atoms with Gasteiger partial charge in [0.2, 0.25) is 5.91 Å². The van der Waals surface area contributed by atoms with Gasteiger partial charge in [0, 0.05) is 19.8 Å². The highest BCUT2D eigenvalue weighted by Crippen LogP contribution is 2.27. The zero-order chi connectivity index (χ0) is 10.5. The van der Waals surface area contributed by atoms with Gasteiger partial charge in [-0.1, -0.05) is 6.08 Å². The Morgan fingerprint density at radius 1 is 1.27 bits per heavy atom. The number of allylic oxidation sites excluding steroid dienone is 1. The molecule has 0 unspecified atom stereocenters. The molecule has 1 aliphatic heterocycles. The number of rotatable bonds is 4. The number of nitrogens with one attached hydrogen (secondary N) is 1. The molecule has 0 aromatic heterocycles. The zero-order valence-corrected chi connectivity index (χ0v) is 9.08. The maximum absolute atomic E-state index is 11.4. The maximum Gasteiger partial charge on any atom is 0.243 e.